The Kier molecular flexibility index (Phi) is 4.18. The maximum Gasteiger partial charge on any atom is 0.0191 e. The normalized spacial score (nSPS) is 34.9. The first-order chi connectivity index (χ1) is 6.86. The Morgan fingerprint density at radius 1 is 1.14 bits per heavy atom. The van der Waals surface area contributed by atoms with Crippen LogP contribution >= 0.6 is 11.8 Å². The van der Waals surface area contributed by atoms with Gasteiger partial charge in [0.2, 0.25) is 0 Å². The van der Waals surface area contributed by atoms with Crippen LogP contribution in [0.4, 0.5) is 0 Å². The van der Waals surface area contributed by atoms with E-state index in [1.54, 1.807) is 0 Å². The molecular weight excluding hydrogens is 190 g/mol. The predicted molar refractivity (Wildman–Crippen MR) is 64.9 cm³/mol. The molecule has 0 bridgehead atoms. The zero-order valence-electron chi connectivity index (χ0n) is 9.30. The molecule has 0 aromatic carbocycles. The van der Waals surface area contributed by atoms with Crippen LogP contribution in [0.2, 0.25) is 0 Å². The molecule has 2 atom stereocenters. The first-order valence-corrected chi connectivity index (χ1v) is 7.26. The van der Waals surface area contributed by atoms with Crippen molar-refractivity contribution in [3.8, 4) is 0 Å². The van der Waals surface area contributed by atoms with Gasteiger partial charge in [-0.15, -0.1) is 0 Å². The molecular formula is C12H23NS. The molecule has 2 fully saturated rings. The minimum Gasteiger partial charge on any atom is -0.313 e. The Morgan fingerprint density at radius 2 is 1.93 bits per heavy atom. The van der Waals surface area contributed by atoms with Gasteiger partial charge in [0.25, 0.3) is 0 Å². The van der Waals surface area contributed by atoms with Crippen molar-refractivity contribution in [1.29, 1.82) is 0 Å². The van der Waals surface area contributed by atoms with E-state index in [4.69, 9.17) is 0 Å². The highest BCUT2D eigenvalue weighted by Crippen LogP contribution is 2.27. The molecule has 1 N–H and O–H groups in total. The summed E-state index contributed by atoms with van der Waals surface area (Å²) in [5, 5.41) is 4.63. The Morgan fingerprint density at radius 3 is 2.57 bits per heavy atom. The Balaban J connectivity index is 1.65. The maximum absolute atomic E-state index is 3.78. The second-order valence-corrected chi connectivity index (χ2v) is 6.37. The van der Waals surface area contributed by atoms with Gasteiger partial charge >= 0.3 is 0 Å². The van der Waals surface area contributed by atoms with E-state index in [-0.39, 0.29) is 0 Å². The van der Waals surface area contributed by atoms with Crippen LogP contribution in [0.15, 0.2) is 0 Å². The quantitative estimate of drug-likeness (QED) is 0.773. The Labute approximate surface area is 92.4 Å². The molecule has 2 heteroatoms. The SMILES string of the molecule is CC1SCCC1NCC1CCCCC1. The summed E-state index contributed by atoms with van der Waals surface area (Å²) in [7, 11) is 0. The van der Waals surface area contributed by atoms with Crippen molar-refractivity contribution in [2.75, 3.05) is 12.3 Å². The van der Waals surface area contributed by atoms with Crippen LogP contribution < -0.4 is 5.32 Å². The van der Waals surface area contributed by atoms with Crippen molar-refractivity contribution in [3.05, 3.63) is 0 Å². The van der Waals surface area contributed by atoms with E-state index < -0.39 is 0 Å². The van der Waals surface area contributed by atoms with E-state index in [1.807, 2.05) is 0 Å². The van der Waals surface area contributed by atoms with E-state index in [0.29, 0.717) is 0 Å². The van der Waals surface area contributed by atoms with Crippen molar-refractivity contribution in [2.24, 2.45) is 5.92 Å². The van der Waals surface area contributed by atoms with Gasteiger partial charge in [0.15, 0.2) is 0 Å². The molecule has 82 valence electrons. The highest BCUT2D eigenvalue weighted by Gasteiger charge is 2.24. The van der Waals surface area contributed by atoms with Crippen LogP contribution in [0.25, 0.3) is 0 Å². The molecule has 1 saturated heterocycles. The molecule has 1 nitrogen and oxygen atoms in total. The minimum atomic E-state index is 0.807. The molecule has 1 heterocycles. The van der Waals surface area contributed by atoms with Crippen LogP contribution in [0, 0.1) is 5.92 Å². The molecule has 0 amide bonds. The lowest BCUT2D eigenvalue weighted by Crippen LogP contribution is -2.37. The first kappa shape index (κ1) is 10.8. The van der Waals surface area contributed by atoms with Crippen molar-refractivity contribution >= 4 is 11.8 Å². The van der Waals surface area contributed by atoms with E-state index in [1.165, 1.54) is 50.8 Å². The number of hydrogen-bond acceptors (Lipinski definition) is 2. The third kappa shape index (κ3) is 2.90. The fraction of sp³-hybridized carbons (Fsp3) is 1.00. The lowest BCUT2D eigenvalue weighted by Gasteiger charge is -2.25. The van der Waals surface area contributed by atoms with Gasteiger partial charge in [0, 0.05) is 11.3 Å². The summed E-state index contributed by atoms with van der Waals surface area (Å²) in [4.78, 5) is 0. The number of hydrogen-bond donors (Lipinski definition) is 1. The fourth-order valence-corrected chi connectivity index (χ4v) is 3.94. The van der Waals surface area contributed by atoms with Gasteiger partial charge in [-0.25, -0.2) is 0 Å². The van der Waals surface area contributed by atoms with Crippen molar-refractivity contribution in [3.63, 3.8) is 0 Å². The van der Waals surface area contributed by atoms with Gasteiger partial charge in [0.1, 0.15) is 0 Å². The zero-order chi connectivity index (χ0) is 9.80. The van der Waals surface area contributed by atoms with E-state index in [2.05, 4.69) is 24.0 Å². The molecule has 0 spiro atoms. The first-order valence-electron chi connectivity index (χ1n) is 6.21. The summed E-state index contributed by atoms with van der Waals surface area (Å²) >= 11 is 2.13. The second-order valence-electron chi connectivity index (χ2n) is 4.88. The van der Waals surface area contributed by atoms with Crippen LogP contribution in [0.1, 0.15) is 45.4 Å². The smallest absolute Gasteiger partial charge is 0.0191 e. The van der Waals surface area contributed by atoms with E-state index in [9.17, 15) is 0 Å². The highest BCUT2D eigenvalue weighted by atomic mass is 32.2. The van der Waals surface area contributed by atoms with Gasteiger partial charge in [-0.2, -0.15) is 11.8 Å². The summed E-state index contributed by atoms with van der Waals surface area (Å²) in [6, 6.07) is 0.807. The highest BCUT2D eigenvalue weighted by molar-refractivity contribution is 8.00. The third-order valence-corrected chi connectivity index (χ3v) is 5.10. The molecule has 14 heavy (non-hydrogen) atoms. The van der Waals surface area contributed by atoms with Crippen LogP contribution in [0.5, 0.6) is 0 Å². The third-order valence-electron chi connectivity index (χ3n) is 3.77. The van der Waals surface area contributed by atoms with Crippen LogP contribution in [-0.4, -0.2) is 23.6 Å². The number of nitrogens with one attached hydrogen (secondary N) is 1. The van der Waals surface area contributed by atoms with Crippen molar-refractivity contribution in [2.45, 2.75) is 56.7 Å². The lowest BCUT2D eigenvalue weighted by atomic mass is 9.89. The summed E-state index contributed by atoms with van der Waals surface area (Å²) in [6.07, 6.45) is 8.76. The topological polar surface area (TPSA) is 12.0 Å². The van der Waals surface area contributed by atoms with Gasteiger partial charge in [-0.3, -0.25) is 0 Å². The molecule has 0 radical (unpaired) electrons. The monoisotopic (exact) mass is 213 g/mol. The predicted octanol–water partition coefficient (Wildman–Crippen LogP) is 3.05. The minimum absolute atomic E-state index is 0.807. The number of rotatable bonds is 3. The largest absolute Gasteiger partial charge is 0.313 e. The standard InChI is InChI=1S/C12H23NS/c1-10-12(7-8-14-10)13-9-11-5-3-2-4-6-11/h10-13H,2-9H2,1H3. The average molecular weight is 213 g/mol. The molecule has 2 aliphatic rings. The Bertz CT molecular complexity index is 166. The molecule has 2 rings (SSSR count). The molecule has 2 unspecified atom stereocenters. The van der Waals surface area contributed by atoms with Crippen LogP contribution in [0.3, 0.4) is 0 Å². The van der Waals surface area contributed by atoms with Gasteiger partial charge in [0.05, 0.1) is 0 Å². The van der Waals surface area contributed by atoms with Crippen molar-refractivity contribution < 1.29 is 0 Å². The second kappa shape index (κ2) is 5.41. The molecule has 0 aromatic heterocycles. The Hall–Kier alpha value is 0.310. The van der Waals surface area contributed by atoms with Gasteiger partial charge in [-0.05, 0) is 37.5 Å². The average Bonchev–Trinajstić information content (AvgIpc) is 2.63. The summed E-state index contributed by atoms with van der Waals surface area (Å²) in [5.41, 5.74) is 0. The number of thioether (sulfide) groups is 1. The molecule has 1 aliphatic carbocycles. The van der Waals surface area contributed by atoms with E-state index >= 15 is 0 Å². The lowest BCUT2D eigenvalue weighted by molar-refractivity contribution is 0.326. The van der Waals surface area contributed by atoms with E-state index in [0.717, 1.165) is 17.2 Å². The zero-order valence-corrected chi connectivity index (χ0v) is 10.1. The van der Waals surface area contributed by atoms with Gasteiger partial charge in [-0.1, -0.05) is 26.2 Å². The molecule has 1 aliphatic heterocycles. The summed E-state index contributed by atoms with van der Waals surface area (Å²) in [6.45, 7) is 3.66. The maximum atomic E-state index is 3.78. The fourth-order valence-electron chi connectivity index (χ4n) is 2.71. The molecule has 1 saturated carbocycles. The molecule has 0 aromatic rings. The van der Waals surface area contributed by atoms with Gasteiger partial charge < -0.3 is 5.32 Å². The van der Waals surface area contributed by atoms with Crippen molar-refractivity contribution in [1.82, 2.24) is 5.32 Å². The summed E-state index contributed by atoms with van der Waals surface area (Å²) in [5.74, 6) is 2.35. The summed E-state index contributed by atoms with van der Waals surface area (Å²) < 4.78 is 0. The van der Waals surface area contributed by atoms with Crippen LogP contribution in [-0.2, 0) is 0 Å².